The van der Waals surface area contributed by atoms with Crippen LogP contribution in [0.4, 0.5) is 4.39 Å². The van der Waals surface area contributed by atoms with Crippen molar-refractivity contribution in [2.24, 2.45) is 5.92 Å². The first-order chi connectivity index (χ1) is 18.2. The lowest BCUT2D eigenvalue weighted by molar-refractivity contribution is -0.133. The Morgan fingerprint density at radius 3 is 2.16 bits per heavy atom. The van der Waals surface area contributed by atoms with Crippen LogP contribution < -0.4 is 21.3 Å². The summed E-state index contributed by atoms with van der Waals surface area (Å²) in [7, 11) is 0. The second kappa shape index (κ2) is 16.4. The molecule has 4 amide bonds. The Hall–Kier alpha value is -3.40. The molecule has 0 radical (unpaired) electrons. The second-order valence-electron chi connectivity index (χ2n) is 9.37. The van der Waals surface area contributed by atoms with Crippen LogP contribution in [0.25, 0.3) is 0 Å². The zero-order valence-corrected chi connectivity index (χ0v) is 22.9. The highest BCUT2D eigenvalue weighted by molar-refractivity contribution is 7.98. The van der Waals surface area contributed by atoms with Crippen LogP contribution in [0.15, 0.2) is 54.6 Å². The lowest BCUT2D eigenvalue weighted by atomic mass is 10.0. The van der Waals surface area contributed by atoms with Crippen LogP contribution in [0.3, 0.4) is 0 Å². The molecule has 0 saturated carbocycles. The number of thioether (sulfide) groups is 1. The summed E-state index contributed by atoms with van der Waals surface area (Å²) in [5, 5.41) is 10.8. The van der Waals surface area contributed by atoms with Gasteiger partial charge >= 0.3 is 0 Å². The Bertz CT molecular complexity index is 1050. The molecule has 0 heterocycles. The molecule has 4 N–H and O–H groups in total. The Kier molecular flexibility index (Phi) is 13.3. The topological polar surface area (TPSA) is 116 Å². The third-order valence-electron chi connectivity index (χ3n) is 5.86. The van der Waals surface area contributed by atoms with Crippen molar-refractivity contribution in [3.63, 3.8) is 0 Å². The quantitative estimate of drug-likeness (QED) is 0.243. The average molecular weight is 545 g/mol. The van der Waals surface area contributed by atoms with E-state index in [0.29, 0.717) is 30.6 Å². The van der Waals surface area contributed by atoms with E-state index in [1.54, 1.807) is 30.0 Å². The van der Waals surface area contributed by atoms with Crippen molar-refractivity contribution >= 4 is 35.9 Å². The first kappa shape index (κ1) is 30.8. The van der Waals surface area contributed by atoms with Gasteiger partial charge in [-0.05, 0) is 42.4 Å². The van der Waals surface area contributed by atoms with Crippen LogP contribution in [0.5, 0.6) is 0 Å². The molecule has 3 atom stereocenters. The summed E-state index contributed by atoms with van der Waals surface area (Å²) in [5.74, 6) is -1.16. The van der Waals surface area contributed by atoms with E-state index >= 15 is 0 Å². The van der Waals surface area contributed by atoms with Gasteiger partial charge in [-0.1, -0.05) is 62.4 Å². The summed E-state index contributed by atoms with van der Waals surface area (Å²) in [5.41, 5.74) is 1.16. The summed E-state index contributed by atoms with van der Waals surface area (Å²) in [4.78, 5) is 50.5. The SMILES string of the molecule is CSCC[C@H](NC=O)C(=O)N[C@H](CC(C)C)C(=O)N[C@H](Cc1ccccc1)C(=O)NCc1ccccc1F. The van der Waals surface area contributed by atoms with Gasteiger partial charge in [0.05, 0.1) is 0 Å². The molecular formula is C28H37FN4O4S. The third kappa shape index (κ3) is 10.5. The van der Waals surface area contributed by atoms with Crippen LogP contribution in [0.1, 0.15) is 37.8 Å². The minimum atomic E-state index is -0.955. The lowest BCUT2D eigenvalue weighted by Gasteiger charge is -2.26. The summed E-state index contributed by atoms with van der Waals surface area (Å²) < 4.78 is 14.1. The smallest absolute Gasteiger partial charge is 0.243 e. The maximum absolute atomic E-state index is 14.1. The normalized spacial score (nSPS) is 13.2. The first-order valence-electron chi connectivity index (χ1n) is 12.6. The summed E-state index contributed by atoms with van der Waals surface area (Å²) in [6, 6.07) is 12.7. The van der Waals surface area contributed by atoms with Crippen molar-refractivity contribution in [1.82, 2.24) is 21.3 Å². The third-order valence-corrected chi connectivity index (χ3v) is 6.51. The molecule has 2 aromatic carbocycles. The summed E-state index contributed by atoms with van der Waals surface area (Å²) in [6.45, 7) is 3.81. The van der Waals surface area contributed by atoms with E-state index in [9.17, 15) is 23.6 Å². The summed E-state index contributed by atoms with van der Waals surface area (Å²) >= 11 is 1.54. The highest BCUT2D eigenvalue weighted by Gasteiger charge is 2.29. The van der Waals surface area contributed by atoms with Gasteiger partial charge in [0.1, 0.15) is 23.9 Å². The molecule has 2 rings (SSSR count). The van der Waals surface area contributed by atoms with Gasteiger partial charge in [0.2, 0.25) is 24.1 Å². The van der Waals surface area contributed by atoms with Crippen LogP contribution in [0.2, 0.25) is 0 Å². The van der Waals surface area contributed by atoms with Gasteiger partial charge in [0.15, 0.2) is 0 Å². The number of hydrogen-bond donors (Lipinski definition) is 4. The lowest BCUT2D eigenvalue weighted by Crippen LogP contribution is -2.57. The maximum atomic E-state index is 14.1. The molecule has 0 bridgehead atoms. The number of amides is 4. The minimum absolute atomic E-state index is 0.0344. The first-order valence-corrected chi connectivity index (χ1v) is 14.0. The van der Waals surface area contributed by atoms with Crippen LogP contribution in [0, 0.1) is 11.7 Å². The zero-order chi connectivity index (χ0) is 27.9. The van der Waals surface area contributed by atoms with Crippen LogP contribution >= 0.6 is 11.8 Å². The molecule has 8 nitrogen and oxygen atoms in total. The Morgan fingerprint density at radius 1 is 0.895 bits per heavy atom. The number of carbonyl (C=O) groups excluding carboxylic acids is 4. The van der Waals surface area contributed by atoms with E-state index in [0.717, 1.165) is 5.56 Å². The van der Waals surface area contributed by atoms with Crippen molar-refractivity contribution in [1.29, 1.82) is 0 Å². The molecule has 206 valence electrons. The van der Waals surface area contributed by atoms with Gasteiger partial charge in [0, 0.05) is 18.5 Å². The number of nitrogens with one attached hydrogen (secondary N) is 4. The number of carbonyl (C=O) groups is 4. The minimum Gasteiger partial charge on any atom is -0.350 e. The average Bonchev–Trinajstić information content (AvgIpc) is 2.89. The monoisotopic (exact) mass is 544 g/mol. The Labute approximate surface area is 227 Å². The summed E-state index contributed by atoms with van der Waals surface area (Å²) in [6.07, 6.45) is 3.33. The van der Waals surface area contributed by atoms with Crippen molar-refractivity contribution in [3.05, 3.63) is 71.5 Å². The van der Waals surface area contributed by atoms with E-state index in [2.05, 4.69) is 21.3 Å². The number of rotatable bonds is 16. The highest BCUT2D eigenvalue weighted by atomic mass is 32.2. The molecule has 0 aliphatic rings. The molecule has 2 aromatic rings. The molecule has 0 unspecified atom stereocenters. The second-order valence-corrected chi connectivity index (χ2v) is 10.4. The van der Waals surface area contributed by atoms with Crippen LogP contribution in [-0.2, 0) is 32.1 Å². The van der Waals surface area contributed by atoms with Crippen molar-refractivity contribution in [2.45, 2.75) is 57.8 Å². The van der Waals surface area contributed by atoms with E-state index in [-0.39, 0.29) is 18.9 Å². The number of halogens is 1. The Balaban J connectivity index is 2.19. The molecule has 0 aliphatic heterocycles. The van der Waals surface area contributed by atoms with Gasteiger partial charge in [-0.3, -0.25) is 19.2 Å². The predicted molar refractivity (Wildman–Crippen MR) is 148 cm³/mol. The fourth-order valence-corrected chi connectivity index (χ4v) is 4.33. The molecular weight excluding hydrogens is 507 g/mol. The predicted octanol–water partition coefficient (Wildman–Crippen LogP) is 2.57. The maximum Gasteiger partial charge on any atom is 0.243 e. The van der Waals surface area contributed by atoms with E-state index in [1.807, 2.05) is 50.4 Å². The van der Waals surface area contributed by atoms with Crippen molar-refractivity contribution in [2.75, 3.05) is 12.0 Å². The fourth-order valence-electron chi connectivity index (χ4n) is 3.86. The van der Waals surface area contributed by atoms with E-state index < -0.39 is 41.7 Å². The standard InChI is InChI=1S/C28H37FN4O4S/c1-19(2)15-24(32-27(36)23(31-18-34)13-14-38-3)28(37)33-25(16-20-9-5-4-6-10-20)26(35)30-17-21-11-7-8-12-22(21)29/h4-12,18-19,23-25H,13-17H2,1-3H3,(H,30,35)(H,31,34)(H,32,36)(H,33,37)/t23-,24+,25+/m0/s1. The molecule has 10 heteroatoms. The molecule has 0 aromatic heterocycles. The van der Waals surface area contributed by atoms with E-state index in [4.69, 9.17) is 0 Å². The van der Waals surface area contributed by atoms with E-state index in [1.165, 1.54) is 6.07 Å². The number of benzene rings is 2. The van der Waals surface area contributed by atoms with Gasteiger partial charge in [0.25, 0.3) is 0 Å². The highest BCUT2D eigenvalue weighted by Crippen LogP contribution is 2.10. The van der Waals surface area contributed by atoms with Gasteiger partial charge < -0.3 is 21.3 Å². The largest absolute Gasteiger partial charge is 0.350 e. The zero-order valence-electron chi connectivity index (χ0n) is 22.0. The number of hydrogen-bond acceptors (Lipinski definition) is 5. The molecule has 0 saturated heterocycles. The van der Waals surface area contributed by atoms with Gasteiger partial charge in [-0.2, -0.15) is 11.8 Å². The fraction of sp³-hybridized carbons (Fsp3) is 0.429. The van der Waals surface area contributed by atoms with Gasteiger partial charge in [-0.25, -0.2) is 4.39 Å². The Morgan fingerprint density at radius 2 is 1.53 bits per heavy atom. The van der Waals surface area contributed by atoms with Gasteiger partial charge in [-0.15, -0.1) is 0 Å². The molecule has 0 fully saturated rings. The van der Waals surface area contributed by atoms with Crippen molar-refractivity contribution in [3.8, 4) is 0 Å². The van der Waals surface area contributed by atoms with Crippen molar-refractivity contribution < 1.29 is 23.6 Å². The molecule has 0 spiro atoms. The molecule has 38 heavy (non-hydrogen) atoms. The molecule has 0 aliphatic carbocycles. The van der Waals surface area contributed by atoms with Crippen LogP contribution in [-0.4, -0.2) is 54.3 Å².